The molecule has 1 amide bonds. The average Bonchev–Trinajstić information content (AvgIpc) is 2.47. The van der Waals surface area contributed by atoms with E-state index >= 15 is 0 Å². The van der Waals surface area contributed by atoms with E-state index in [1.54, 1.807) is 24.3 Å². The van der Waals surface area contributed by atoms with Crippen LogP contribution in [-0.4, -0.2) is 61.6 Å². The first-order valence-corrected chi connectivity index (χ1v) is 6.81. The molecule has 108 valence electrons. The number of nitroso groups, excluding NO2 is 1. The molecule has 0 atom stereocenters. The third kappa shape index (κ3) is 3.20. The zero-order chi connectivity index (χ0) is 14.6. The summed E-state index contributed by atoms with van der Waals surface area (Å²) in [5.41, 5.74) is 7.01. The first-order valence-electron chi connectivity index (χ1n) is 6.81. The number of likely N-dealkylation sites (N-methyl/N-ethyl adjacent to an activating group) is 1. The highest BCUT2D eigenvalue weighted by molar-refractivity contribution is 5.89. The Hall–Kier alpha value is -1.79. The molecule has 0 aromatic heterocycles. The molecule has 0 spiro atoms. The summed E-state index contributed by atoms with van der Waals surface area (Å²) in [6, 6.07) is 7.07. The molecule has 0 saturated carbocycles. The standard InChI is InChI=1S/C14H20N4O2/c1-18(10-8-17(9-11-18)7-6-16-20)14(19)12-2-4-13(15)5-3-12/h2-5H,6-11H2,1H3,(H-,15,19)/p+1. The van der Waals surface area contributed by atoms with Crippen LogP contribution in [0.5, 0.6) is 0 Å². The van der Waals surface area contributed by atoms with E-state index < -0.39 is 0 Å². The largest absolute Gasteiger partial charge is 0.399 e. The van der Waals surface area contributed by atoms with Crippen LogP contribution in [0.1, 0.15) is 10.4 Å². The van der Waals surface area contributed by atoms with Gasteiger partial charge in [0.15, 0.2) is 0 Å². The number of hydrogen-bond donors (Lipinski definition) is 1. The number of nitrogens with two attached hydrogens (primary N) is 1. The van der Waals surface area contributed by atoms with Crippen molar-refractivity contribution in [2.75, 3.05) is 52.0 Å². The molecule has 6 nitrogen and oxygen atoms in total. The van der Waals surface area contributed by atoms with Crippen molar-refractivity contribution in [3.8, 4) is 0 Å². The van der Waals surface area contributed by atoms with E-state index in [0.717, 1.165) is 26.2 Å². The normalized spacial score (nSPS) is 18.6. The van der Waals surface area contributed by atoms with E-state index in [-0.39, 0.29) is 5.91 Å². The number of carbonyl (C=O) groups excluding carboxylic acids is 1. The van der Waals surface area contributed by atoms with Crippen molar-refractivity contribution in [1.82, 2.24) is 4.90 Å². The molecule has 0 radical (unpaired) electrons. The highest BCUT2D eigenvalue weighted by Gasteiger charge is 2.36. The van der Waals surface area contributed by atoms with Crippen molar-refractivity contribution in [3.63, 3.8) is 0 Å². The van der Waals surface area contributed by atoms with Crippen molar-refractivity contribution >= 4 is 11.6 Å². The first-order chi connectivity index (χ1) is 9.55. The highest BCUT2D eigenvalue weighted by Crippen LogP contribution is 2.17. The molecule has 2 N–H and O–H groups in total. The number of carbonyl (C=O) groups is 1. The lowest BCUT2D eigenvalue weighted by atomic mass is 10.1. The summed E-state index contributed by atoms with van der Waals surface area (Å²) in [6.45, 7) is 4.12. The van der Waals surface area contributed by atoms with E-state index in [9.17, 15) is 9.70 Å². The minimum atomic E-state index is 0.123. The van der Waals surface area contributed by atoms with E-state index in [1.807, 2.05) is 7.05 Å². The summed E-state index contributed by atoms with van der Waals surface area (Å²) >= 11 is 0. The lowest BCUT2D eigenvalue weighted by molar-refractivity contribution is -0.833. The van der Waals surface area contributed by atoms with Crippen LogP contribution in [0.15, 0.2) is 29.4 Å². The van der Waals surface area contributed by atoms with Crippen molar-refractivity contribution in [3.05, 3.63) is 34.7 Å². The van der Waals surface area contributed by atoms with Gasteiger partial charge in [0.25, 0.3) is 0 Å². The van der Waals surface area contributed by atoms with Gasteiger partial charge in [-0.2, -0.15) is 4.91 Å². The zero-order valence-electron chi connectivity index (χ0n) is 11.8. The van der Waals surface area contributed by atoms with E-state index in [1.165, 1.54) is 0 Å². The fourth-order valence-electron chi connectivity index (χ4n) is 2.49. The van der Waals surface area contributed by atoms with Crippen LogP contribution in [0, 0.1) is 4.91 Å². The molecule has 2 rings (SSSR count). The molecule has 1 aliphatic heterocycles. The maximum Gasteiger partial charge on any atom is 0.345 e. The summed E-state index contributed by atoms with van der Waals surface area (Å²) in [7, 11) is 1.97. The SMILES string of the molecule is C[N+]1(C(=O)c2ccc(N)cc2)CCN(CCN=O)CC1. The molecular formula is C14H21N4O2+. The third-order valence-electron chi connectivity index (χ3n) is 3.97. The number of piperazine rings is 1. The molecule has 0 unspecified atom stereocenters. The Morgan fingerprint density at radius 2 is 1.90 bits per heavy atom. The van der Waals surface area contributed by atoms with Gasteiger partial charge in [-0.05, 0) is 24.3 Å². The summed E-state index contributed by atoms with van der Waals surface area (Å²) < 4.78 is 0.398. The van der Waals surface area contributed by atoms with Crippen molar-refractivity contribution in [2.24, 2.45) is 5.18 Å². The molecule has 1 saturated heterocycles. The molecule has 20 heavy (non-hydrogen) atoms. The Morgan fingerprint density at radius 1 is 1.30 bits per heavy atom. The summed E-state index contributed by atoms with van der Waals surface area (Å²) in [6.07, 6.45) is 0. The number of nitrogens with zero attached hydrogens (tertiary/aromatic N) is 3. The summed E-state index contributed by atoms with van der Waals surface area (Å²) in [5.74, 6) is 0.123. The van der Waals surface area contributed by atoms with Gasteiger partial charge in [-0.1, -0.05) is 5.18 Å². The van der Waals surface area contributed by atoms with Crippen LogP contribution >= 0.6 is 0 Å². The highest BCUT2D eigenvalue weighted by atomic mass is 16.3. The number of amides is 1. The topological polar surface area (TPSA) is 75.8 Å². The smallest absolute Gasteiger partial charge is 0.345 e. The Labute approximate surface area is 118 Å². The Bertz CT molecular complexity index is 478. The molecule has 6 heteroatoms. The number of rotatable bonds is 4. The molecule has 1 aromatic carbocycles. The van der Waals surface area contributed by atoms with Crippen molar-refractivity contribution in [2.45, 2.75) is 0 Å². The summed E-state index contributed by atoms with van der Waals surface area (Å²) in [4.78, 5) is 24.9. The number of hydrogen-bond acceptors (Lipinski definition) is 5. The van der Waals surface area contributed by atoms with Gasteiger partial charge < -0.3 is 5.73 Å². The quantitative estimate of drug-likeness (QED) is 0.505. The van der Waals surface area contributed by atoms with Crippen LogP contribution in [0.25, 0.3) is 0 Å². The van der Waals surface area contributed by atoms with Gasteiger partial charge in [0.05, 0.1) is 32.2 Å². The van der Waals surface area contributed by atoms with Gasteiger partial charge in [-0.25, -0.2) is 4.79 Å². The fraction of sp³-hybridized carbons (Fsp3) is 0.500. The molecule has 0 aliphatic carbocycles. The lowest BCUT2D eigenvalue weighted by Crippen LogP contribution is -2.60. The van der Waals surface area contributed by atoms with Gasteiger partial charge in [0, 0.05) is 25.3 Å². The van der Waals surface area contributed by atoms with Gasteiger partial charge in [-0.15, -0.1) is 0 Å². The minimum Gasteiger partial charge on any atom is -0.399 e. The molecule has 1 aromatic rings. The van der Waals surface area contributed by atoms with Gasteiger partial charge in [-0.3, -0.25) is 9.38 Å². The van der Waals surface area contributed by atoms with E-state index in [2.05, 4.69) is 10.1 Å². The van der Waals surface area contributed by atoms with Crippen LogP contribution in [0.3, 0.4) is 0 Å². The molecule has 1 fully saturated rings. The van der Waals surface area contributed by atoms with Crippen LogP contribution in [0.2, 0.25) is 0 Å². The fourth-order valence-corrected chi connectivity index (χ4v) is 2.49. The maximum atomic E-state index is 12.6. The monoisotopic (exact) mass is 277 g/mol. The van der Waals surface area contributed by atoms with E-state index in [4.69, 9.17) is 5.73 Å². The molecule has 1 aliphatic rings. The number of anilines is 1. The van der Waals surface area contributed by atoms with Crippen LogP contribution < -0.4 is 5.73 Å². The minimum absolute atomic E-state index is 0.123. The number of nitrogen functional groups attached to an aromatic ring is 1. The van der Waals surface area contributed by atoms with Crippen LogP contribution in [0.4, 0.5) is 5.69 Å². The Morgan fingerprint density at radius 3 is 2.45 bits per heavy atom. The lowest BCUT2D eigenvalue weighted by Gasteiger charge is -2.39. The second kappa shape index (κ2) is 6.11. The number of quaternary nitrogens is 1. The Balaban J connectivity index is 2.00. The summed E-state index contributed by atoms with van der Waals surface area (Å²) in [5, 5.41) is 2.88. The predicted molar refractivity (Wildman–Crippen MR) is 78.2 cm³/mol. The average molecular weight is 277 g/mol. The molecule has 0 bridgehead atoms. The predicted octanol–water partition coefficient (Wildman–Crippen LogP) is 0.938. The number of benzene rings is 1. The second-order valence-electron chi connectivity index (χ2n) is 5.46. The zero-order valence-corrected chi connectivity index (χ0v) is 11.8. The van der Waals surface area contributed by atoms with Crippen molar-refractivity contribution in [1.29, 1.82) is 0 Å². The first kappa shape index (κ1) is 14.6. The van der Waals surface area contributed by atoms with Crippen LogP contribution in [-0.2, 0) is 0 Å². The Kier molecular flexibility index (Phi) is 4.46. The second-order valence-corrected chi connectivity index (χ2v) is 5.46. The maximum absolute atomic E-state index is 12.6. The van der Waals surface area contributed by atoms with Gasteiger partial charge >= 0.3 is 5.91 Å². The molecule has 1 heterocycles. The van der Waals surface area contributed by atoms with Crippen molar-refractivity contribution < 1.29 is 9.28 Å². The third-order valence-corrected chi connectivity index (χ3v) is 3.97. The van der Waals surface area contributed by atoms with Gasteiger partial charge in [0.1, 0.15) is 0 Å². The molecular weight excluding hydrogens is 256 g/mol. The van der Waals surface area contributed by atoms with Gasteiger partial charge in [0.2, 0.25) is 0 Å². The van der Waals surface area contributed by atoms with E-state index in [0.29, 0.717) is 28.8 Å².